The van der Waals surface area contributed by atoms with Gasteiger partial charge >= 0.3 is 0 Å². The van der Waals surface area contributed by atoms with Crippen molar-refractivity contribution in [1.29, 1.82) is 0 Å². The molecule has 2 heterocycles. The highest BCUT2D eigenvalue weighted by molar-refractivity contribution is 5.70. The summed E-state index contributed by atoms with van der Waals surface area (Å²) in [5, 5.41) is 3.40. The molecule has 0 amide bonds. The van der Waals surface area contributed by atoms with Gasteiger partial charge in [-0.1, -0.05) is 30.3 Å². The zero-order chi connectivity index (χ0) is 18.6. The predicted octanol–water partition coefficient (Wildman–Crippen LogP) is 5.01. The Kier molecular flexibility index (Phi) is 4.92. The molecule has 0 atom stereocenters. The van der Waals surface area contributed by atoms with Crippen molar-refractivity contribution in [3.05, 3.63) is 66.0 Å². The molecule has 5 nitrogen and oxygen atoms in total. The maximum absolute atomic E-state index is 5.72. The van der Waals surface area contributed by atoms with E-state index >= 15 is 0 Å². The SMILES string of the molecule is CCOc1ccccc1Nc1cc(N2CCCc3ccccc32)nc(C)n1. The fraction of sp³-hybridized carbons (Fsp3) is 0.273. The van der Waals surface area contributed by atoms with Crippen LogP contribution in [0.2, 0.25) is 0 Å². The maximum Gasteiger partial charge on any atom is 0.142 e. The van der Waals surface area contributed by atoms with Crippen molar-refractivity contribution < 1.29 is 4.74 Å². The molecule has 0 unspecified atom stereocenters. The largest absolute Gasteiger partial charge is 0.492 e. The molecule has 1 aromatic heterocycles. The standard InChI is InChI=1S/C22H24N4O/c1-3-27-20-13-7-5-11-18(20)25-21-15-22(24-16(2)23-21)26-14-8-10-17-9-4-6-12-19(17)26/h4-7,9,11-13,15H,3,8,10,14H2,1-2H3,(H,23,24,25). The Hall–Kier alpha value is -3.08. The van der Waals surface area contributed by atoms with Crippen molar-refractivity contribution in [2.24, 2.45) is 0 Å². The van der Waals surface area contributed by atoms with E-state index in [1.807, 2.05) is 44.2 Å². The van der Waals surface area contributed by atoms with E-state index in [0.717, 1.165) is 48.3 Å². The van der Waals surface area contributed by atoms with Gasteiger partial charge in [-0.2, -0.15) is 0 Å². The molecular formula is C22H24N4O. The van der Waals surface area contributed by atoms with Crippen LogP contribution in [0.25, 0.3) is 0 Å². The van der Waals surface area contributed by atoms with Gasteiger partial charge in [-0.05, 0) is 50.5 Å². The highest BCUT2D eigenvalue weighted by Crippen LogP contribution is 2.34. The van der Waals surface area contributed by atoms with E-state index in [9.17, 15) is 0 Å². The Bertz CT molecular complexity index is 941. The Labute approximate surface area is 160 Å². The number of aryl methyl sites for hydroxylation is 2. The van der Waals surface area contributed by atoms with Crippen molar-refractivity contribution in [3.8, 4) is 5.75 Å². The fourth-order valence-corrected chi connectivity index (χ4v) is 3.52. The van der Waals surface area contributed by atoms with Gasteiger partial charge in [0.25, 0.3) is 0 Å². The van der Waals surface area contributed by atoms with Crippen LogP contribution in [-0.4, -0.2) is 23.1 Å². The van der Waals surface area contributed by atoms with Crippen LogP contribution in [-0.2, 0) is 6.42 Å². The quantitative estimate of drug-likeness (QED) is 0.693. The molecule has 0 spiro atoms. The van der Waals surface area contributed by atoms with Crippen LogP contribution >= 0.6 is 0 Å². The van der Waals surface area contributed by atoms with E-state index in [1.165, 1.54) is 11.3 Å². The maximum atomic E-state index is 5.72. The second kappa shape index (κ2) is 7.66. The highest BCUT2D eigenvalue weighted by atomic mass is 16.5. The molecular weight excluding hydrogens is 336 g/mol. The minimum absolute atomic E-state index is 0.622. The van der Waals surface area contributed by atoms with E-state index in [1.54, 1.807) is 0 Å². The molecule has 0 fully saturated rings. The second-order valence-corrected chi connectivity index (χ2v) is 6.60. The summed E-state index contributed by atoms with van der Waals surface area (Å²) in [4.78, 5) is 11.6. The van der Waals surface area contributed by atoms with Crippen molar-refractivity contribution in [3.63, 3.8) is 0 Å². The molecule has 0 radical (unpaired) electrons. The highest BCUT2D eigenvalue weighted by Gasteiger charge is 2.20. The molecule has 1 N–H and O–H groups in total. The number of anilines is 4. The normalized spacial score (nSPS) is 13.2. The van der Waals surface area contributed by atoms with Crippen molar-refractivity contribution >= 4 is 23.0 Å². The summed E-state index contributed by atoms with van der Waals surface area (Å²) in [7, 11) is 0. The number of nitrogens with zero attached hydrogens (tertiary/aromatic N) is 3. The number of para-hydroxylation sites is 3. The minimum Gasteiger partial charge on any atom is -0.492 e. The van der Waals surface area contributed by atoms with Gasteiger partial charge in [0, 0.05) is 18.3 Å². The Morgan fingerprint density at radius 2 is 1.89 bits per heavy atom. The molecule has 0 bridgehead atoms. The van der Waals surface area contributed by atoms with Gasteiger partial charge in [0.2, 0.25) is 0 Å². The van der Waals surface area contributed by atoms with Crippen LogP contribution in [0.1, 0.15) is 24.7 Å². The molecule has 3 aromatic rings. The third-order valence-corrected chi connectivity index (χ3v) is 4.66. The topological polar surface area (TPSA) is 50.3 Å². The fourth-order valence-electron chi connectivity index (χ4n) is 3.52. The van der Waals surface area contributed by atoms with Gasteiger partial charge < -0.3 is 15.0 Å². The number of ether oxygens (including phenoxy) is 1. The summed E-state index contributed by atoms with van der Waals surface area (Å²) in [5.41, 5.74) is 3.51. The first-order valence-corrected chi connectivity index (χ1v) is 9.44. The van der Waals surface area contributed by atoms with Crippen LogP contribution < -0.4 is 15.0 Å². The number of aromatic nitrogens is 2. The van der Waals surface area contributed by atoms with Gasteiger partial charge in [0.05, 0.1) is 12.3 Å². The van der Waals surface area contributed by atoms with Gasteiger partial charge in [-0.25, -0.2) is 9.97 Å². The summed E-state index contributed by atoms with van der Waals surface area (Å²) >= 11 is 0. The molecule has 1 aliphatic heterocycles. The average molecular weight is 360 g/mol. The summed E-state index contributed by atoms with van der Waals surface area (Å²) in [6.45, 7) is 5.50. The third kappa shape index (κ3) is 3.72. The lowest BCUT2D eigenvalue weighted by Gasteiger charge is -2.30. The number of nitrogens with one attached hydrogen (secondary N) is 1. The lowest BCUT2D eigenvalue weighted by molar-refractivity contribution is 0.342. The number of hydrogen-bond donors (Lipinski definition) is 1. The second-order valence-electron chi connectivity index (χ2n) is 6.60. The van der Waals surface area contributed by atoms with Crippen LogP contribution in [0.5, 0.6) is 5.75 Å². The summed E-state index contributed by atoms with van der Waals surface area (Å²) in [6.07, 6.45) is 2.24. The van der Waals surface area contributed by atoms with Gasteiger partial charge in [0.1, 0.15) is 23.2 Å². The molecule has 5 heteroatoms. The summed E-state index contributed by atoms with van der Waals surface area (Å²) in [6, 6.07) is 18.5. The van der Waals surface area contributed by atoms with Gasteiger partial charge in [-0.3, -0.25) is 0 Å². The number of fused-ring (bicyclic) bond motifs is 1. The molecule has 2 aromatic carbocycles. The number of rotatable bonds is 5. The number of hydrogen-bond acceptors (Lipinski definition) is 5. The van der Waals surface area contributed by atoms with Crippen LogP contribution in [0.15, 0.2) is 54.6 Å². The predicted molar refractivity (Wildman–Crippen MR) is 109 cm³/mol. The van der Waals surface area contributed by atoms with Crippen LogP contribution in [0.3, 0.4) is 0 Å². The summed E-state index contributed by atoms with van der Waals surface area (Å²) in [5.74, 6) is 3.26. The van der Waals surface area contributed by atoms with Gasteiger partial charge in [-0.15, -0.1) is 0 Å². The van der Waals surface area contributed by atoms with E-state index in [0.29, 0.717) is 6.61 Å². The van der Waals surface area contributed by atoms with Crippen molar-refractivity contribution in [2.75, 3.05) is 23.4 Å². The first kappa shape index (κ1) is 17.3. The van der Waals surface area contributed by atoms with E-state index in [-0.39, 0.29) is 0 Å². The lowest BCUT2D eigenvalue weighted by Crippen LogP contribution is -2.25. The lowest BCUT2D eigenvalue weighted by atomic mass is 10.0. The zero-order valence-corrected chi connectivity index (χ0v) is 15.8. The van der Waals surface area contributed by atoms with Crippen LogP contribution in [0, 0.1) is 6.92 Å². The van der Waals surface area contributed by atoms with Crippen molar-refractivity contribution in [1.82, 2.24) is 9.97 Å². The smallest absolute Gasteiger partial charge is 0.142 e. The number of benzene rings is 2. The van der Waals surface area contributed by atoms with E-state index in [2.05, 4.69) is 39.5 Å². The minimum atomic E-state index is 0.622. The first-order chi connectivity index (χ1) is 13.2. The zero-order valence-electron chi connectivity index (χ0n) is 15.8. The molecule has 4 rings (SSSR count). The molecule has 138 valence electrons. The monoisotopic (exact) mass is 360 g/mol. The van der Waals surface area contributed by atoms with E-state index in [4.69, 9.17) is 9.72 Å². The van der Waals surface area contributed by atoms with E-state index < -0.39 is 0 Å². The third-order valence-electron chi connectivity index (χ3n) is 4.66. The first-order valence-electron chi connectivity index (χ1n) is 9.44. The molecule has 0 saturated carbocycles. The van der Waals surface area contributed by atoms with Crippen LogP contribution in [0.4, 0.5) is 23.0 Å². The molecule has 1 aliphatic rings. The average Bonchev–Trinajstić information content (AvgIpc) is 2.69. The Morgan fingerprint density at radius 1 is 1.07 bits per heavy atom. The Balaban J connectivity index is 1.67. The Morgan fingerprint density at radius 3 is 2.78 bits per heavy atom. The molecule has 27 heavy (non-hydrogen) atoms. The molecule has 0 saturated heterocycles. The molecule has 0 aliphatic carbocycles. The van der Waals surface area contributed by atoms with Crippen molar-refractivity contribution in [2.45, 2.75) is 26.7 Å². The van der Waals surface area contributed by atoms with Gasteiger partial charge in [0.15, 0.2) is 0 Å². The summed E-state index contributed by atoms with van der Waals surface area (Å²) < 4.78 is 5.72.